The quantitative estimate of drug-likeness (QED) is 0.635. The first kappa shape index (κ1) is 18.8. The second kappa shape index (κ2) is 8.53. The molecule has 3 nitrogen and oxygen atoms in total. The number of allylic oxidation sites excluding steroid dienone is 1. The van der Waals surface area contributed by atoms with Crippen molar-refractivity contribution in [3.8, 4) is 0 Å². The van der Waals surface area contributed by atoms with Gasteiger partial charge in [0.05, 0.1) is 12.2 Å². The lowest BCUT2D eigenvalue weighted by molar-refractivity contribution is 0.111. The number of aliphatic hydroxyl groups excluding tert-OH is 1. The normalized spacial score (nSPS) is 14.9. The molecule has 2 aromatic carbocycles. The van der Waals surface area contributed by atoms with Crippen molar-refractivity contribution in [2.75, 3.05) is 12.3 Å². The van der Waals surface area contributed by atoms with E-state index in [0.29, 0.717) is 0 Å². The molecule has 0 aromatic heterocycles. The number of anilines is 1. The lowest BCUT2D eigenvalue weighted by atomic mass is 9.85. The zero-order valence-electron chi connectivity index (χ0n) is 14.1. The maximum Gasteiger partial charge on any atom is 0.155 e. The molecular formula is C20H21F2NO2. The SMILES string of the molecule is C/C(CO)=C1/CCCc2cc(N)ccc21.O=Cc1c(F)cccc1F. The first-order chi connectivity index (χ1) is 12.0. The minimum atomic E-state index is -0.824. The van der Waals surface area contributed by atoms with Crippen LogP contribution in [0.25, 0.3) is 5.57 Å². The molecule has 0 saturated heterocycles. The van der Waals surface area contributed by atoms with Crippen molar-refractivity contribution in [2.24, 2.45) is 0 Å². The highest BCUT2D eigenvalue weighted by Gasteiger charge is 2.15. The number of benzene rings is 2. The van der Waals surface area contributed by atoms with E-state index in [4.69, 9.17) is 5.73 Å². The van der Waals surface area contributed by atoms with Gasteiger partial charge in [0, 0.05) is 5.69 Å². The van der Waals surface area contributed by atoms with E-state index in [9.17, 15) is 18.7 Å². The average Bonchev–Trinajstić information content (AvgIpc) is 2.61. The Balaban J connectivity index is 0.000000196. The highest BCUT2D eigenvalue weighted by Crippen LogP contribution is 2.33. The molecule has 0 heterocycles. The number of nitrogen functional groups attached to an aromatic ring is 1. The van der Waals surface area contributed by atoms with Crippen LogP contribution in [0.2, 0.25) is 0 Å². The number of aryl methyl sites for hydroxylation is 1. The number of fused-ring (bicyclic) bond motifs is 1. The monoisotopic (exact) mass is 345 g/mol. The van der Waals surface area contributed by atoms with Gasteiger partial charge in [-0.1, -0.05) is 12.1 Å². The predicted molar refractivity (Wildman–Crippen MR) is 95.2 cm³/mol. The van der Waals surface area contributed by atoms with Crippen molar-refractivity contribution in [1.29, 1.82) is 0 Å². The molecule has 132 valence electrons. The van der Waals surface area contributed by atoms with E-state index >= 15 is 0 Å². The van der Waals surface area contributed by atoms with Gasteiger partial charge >= 0.3 is 0 Å². The summed E-state index contributed by atoms with van der Waals surface area (Å²) in [6.45, 7) is 2.15. The molecule has 0 atom stereocenters. The Hall–Kier alpha value is -2.53. The number of rotatable bonds is 2. The van der Waals surface area contributed by atoms with Crippen LogP contribution in [0.5, 0.6) is 0 Å². The van der Waals surface area contributed by atoms with Gasteiger partial charge in [-0.25, -0.2) is 8.78 Å². The maximum atomic E-state index is 12.4. The Morgan fingerprint density at radius 2 is 1.88 bits per heavy atom. The zero-order valence-corrected chi connectivity index (χ0v) is 14.1. The molecule has 5 heteroatoms. The largest absolute Gasteiger partial charge is 0.399 e. The van der Waals surface area contributed by atoms with E-state index < -0.39 is 17.2 Å². The van der Waals surface area contributed by atoms with Gasteiger partial charge in [0.15, 0.2) is 6.29 Å². The van der Waals surface area contributed by atoms with E-state index in [1.165, 1.54) is 22.8 Å². The number of aliphatic hydroxyl groups is 1. The summed E-state index contributed by atoms with van der Waals surface area (Å²) in [6, 6.07) is 9.35. The molecule has 0 spiro atoms. The highest BCUT2D eigenvalue weighted by molar-refractivity contribution is 5.75. The number of halogens is 2. The third-order valence-electron chi connectivity index (χ3n) is 4.20. The molecule has 0 fully saturated rings. The Labute approximate surface area is 145 Å². The summed E-state index contributed by atoms with van der Waals surface area (Å²) in [5.74, 6) is -1.65. The Kier molecular flexibility index (Phi) is 6.42. The Bertz CT molecular complexity index is 780. The number of hydrogen-bond donors (Lipinski definition) is 2. The standard InChI is InChI=1S/C13H17NO.C7H4F2O/c1-9(8-15)12-4-2-3-10-7-11(14)5-6-13(10)12;8-6-2-1-3-7(9)5(6)4-10/h5-7,15H,2-4,8,14H2,1H3;1-4H/b12-9+;. The number of nitrogens with two attached hydrogens (primary N) is 1. The lowest BCUT2D eigenvalue weighted by Gasteiger charge is -2.21. The lowest BCUT2D eigenvalue weighted by Crippen LogP contribution is -2.05. The Morgan fingerprint density at radius 1 is 1.20 bits per heavy atom. The van der Waals surface area contributed by atoms with Crippen molar-refractivity contribution >= 4 is 17.5 Å². The summed E-state index contributed by atoms with van der Waals surface area (Å²) >= 11 is 0. The van der Waals surface area contributed by atoms with Crippen molar-refractivity contribution in [3.05, 3.63) is 70.3 Å². The number of carbonyl (C=O) groups excluding carboxylic acids is 1. The molecule has 0 unspecified atom stereocenters. The fourth-order valence-electron chi connectivity index (χ4n) is 2.87. The molecule has 25 heavy (non-hydrogen) atoms. The van der Waals surface area contributed by atoms with Crippen LogP contribution in [0.4, 0.5) is 14.5 Å². The molecule has 0 bridgehead atoms. The van der Waals surface area contributed by atoms with Crippen molar-refractivity contribution in [3.63, 3.8) is 0 Å². The predicted octanol–water partition coefficient (Wildman–Crippen LogP) is 4.15. The van der Waals surface area contributed by atoms with Gasteiger partial charge in [-0.15, -0.1) is 0 Å². The van der Waals surface area contributed by atoms with Gasteiger partial charge < -0.3 is 10.8 Å². The van der Waals surface area contributed by atoms with E-state index in [1.54, 1.807) is 0 Å². The minimum absolute atomic E-state index is 0.152. The molecule has 1 aliphatic rings. The third-order valence-corrected chi connectivity index (χ3v) is 4.20. The summed E-state index contributed by atoms with van der Waals surface area (Å²) in [6.07, 6.45) is 3.49. The van der Waals surface area contributed by atoms with Crippen LogP contribution in [-0.4, -0.2) is 18.0 Å². The van der Waals surface area contributed by atoms with Gasteiger partial charge in [0.2, 0.25) is 0 Å². The van der Waals surface area contributed by atoms with E-state index in [0.717, 1.165) is 42.7 Å². The molecular weight excluding hydrogens is 324 g/mol. The van der Waals surface area contributed by atoms with Crippen LogP contribution >= 0.6 is 0 Å². The van der Waals surface area contributed by atoms with Crippen molar-refractivity contribution in [2.45, 2.75) is 26.2 Å². The molecule has 0 saturated carbocycles. The first-order valence-corrected chi connectivity index (χ1v) is 8.05. The molecule has 1 aliphatic carbocycles. The number of hydrogen-bond acceptors (Lipinski definition) is 3. The summed E-state index contributed by atoms with van der Waals surface area (Å²) in [5.41, 5.74) is 11.1. The molecule has 0 amide bonds. The van der Waals surface area contributed by atoms with E-state index in [1.807, 2.05) is 13.0 Å². The Morgan fingerprint density at radius 3 is 2.44 bits per heavy atom. The van der Waals surface area contributed by atoms with Crippen LogP contribution in [0, 0.1) is 11.6 Å². The zero-order chi connectivity index (χ0) is 18.4. The second-order valence-corrected chi connectivity index (χ2v) is 5.94. The topological polar surface area (TPSA) is 63.3 Å². The number of aldehydes is 1. The average molecular weight is 345 g/mol. The smallest absolute Gasteiger partial charge is 0.155 e. The fraction of sp³-hybridized carbons (Fsp3) is 0.250. The maximum absolute atomic E-state index is 12.4. The van der Waals surface area contributed by atoms with Crippen LogP contribution < -0.4 is 5.73 Å². The van der Waals surface area contributed by atoms with Gasteiger partial charge in [0.1, 0.15) is 11.6 Å². The van der Waals surface area contributed by atoms with E-state index in [2.05, 4.69) is 12.1 Å². The fourth-order valence-corrected chi connectivity index (χ4v) is 2.87. The third kappa shape index (κ3) is 4.51. The van der Waals surface area contributed by atoms with Crippen LogP contribution in [-0.2, 0) is 6.42 Å². The molecule has 3 N–H and O–H groups in total. The molecule has 2 aromatic rings. The molecule has 0 aliphatic heterocycles. The summed E-state index contributed by atoms with van der Waals surface area (Å²) < 4.78 is 24.8. The summed E-state index contributed by atoms with van der Waals surface area (Å²) in [5, 5.41) is 9.18. The van der Waals surface area contributed by atoms with Crippen molar-refractivity contribution < 1.29 is 18.7 Å². The van der Waals surface area contributed by atoms with Gasteiger partial charge in [-0.2, -0.15) is 0 Å². The van der Waals surface area contributed by atoms with Crippen LogP contribution in [0.1, 0.15) is 41.3 Å². The first-order valence-electron chi connectivity index (χ1n) is 8.05. The molecule has 0 radical (unpaired) electrons. The molecule has 3 rings (SSSR count). The van der Waals surface area contributed by atoms with Crippen molar-refractivity contribution in [1.82, 2.24) is 0 Å². The van der Waals surface area contributed by atoms with Crippen LogP contribution in [0.3, 0.4) is 0 Å². The number of carbonyl (C=O) groups is 1. The van der Waals surface area contributed by atoms with E-state index in [-0.39, 0.29) is 12.9 Å². The second-order valence-electron chi connectivity index (χ2n) is 5.94. The van der Waals surface area contributed by atoms with Gasteiger partial charge in [0.25, 0.3) is 0 Å². The summed E-state index contributed by atoms with van der Waals surface area (Å²) in [4.78, 5) is 9.97. The minimum Gasteiger partial charge on any atom is -0.399 e. The van der Waals surface area contributed by atoms with Gasteiger partial charge in [-0.3, -0.25) is 4.79 Å². The van der Waals surface area contributed by atoms with Gasteiger partial charge in [-0.05, 0) is 72.7 Å². The highest BCUT2D eigenvalue weighted by atomic mass is 19.1. The van der Waals surface area contributed by atoms with Crippen LogP contribution in [0.15, 0.2) is 42.0 Å². The summed E-state index contributed by atoms with van der Waals surface area (Å²) in [7, 11) is 0.